The topological polar surface area (TPSA) is 76.1 Å². The van der Waals surface area contributed by atoms with E-state index in [9.17, 15) is 4.79 Å². The molecule has 1 atom stereocenters. The zero-order valence-electron chi connectivity index (χ0n) is 13.4. The molecule has 0 aliphatic carbocycles. The highest BCUT2D eigenvalue weighted by Crippen LogP contribution is 2.33. The van der Waals surface area contributed by atoms with E-state index in [-0.39, 0.29) is 17.7 Å². The molecule has 1 unspecified atom stereocenters. The third-order valence-corrected chi connectivity index (χ3v) is 4.87. The zero-order chi connectivity index (χ0) is 17.4. The Hall–Kier alpha value is -2.24. The number of ether oxygens (including phenoxy) is 1. The number of hydrogen-bond donors (Lipinski definition) is 2. The molecule has 0 spiro atoms. The number of terminal acetylenes is 1. The molecular weight excluding hydrogens is 344 g/mol. The van der Waals surface area contributed by atoms with Crippen LogP contribution in [0.1, 0.15) is 13.8 Å². The van der Waals surface area contributed by atoms with Crippen LogP contribution < -0.4 is 15.4 Å². The van der Waals surface area contributed by atoms with Crippen molar-refractivity contribution in [2.45, 2.75) is 23.4 Å². The highest BCUT2D eigenvalue weighted by molar-refractivity contribution is 8.02. The Labute approximate surface area is 149 Å². The van der Waals surface area contributed by atoms with Crippen LogP contribution in [0.5, 0.6) is 5.75 Å². The first-order valence-electron chi connectivity index (χ1n) is 7.34. The highest BCUT2D eigenvalue weighted by atomic mass is 32.2. The third kappa shape index (κ3) is 5.15. The second kappa shape index (κ2) is 9.15. The van der Waals surface area contributed by atoms with Gasteiger partial charge in [-0.3, -0.25) is 4.79 Å². The first-order valence-corrected chi connectivity index (χ1v) is 9.03. The smallest absolute Gasteiger partial charge is 0.234 e. The van der Waals surface area contributed by atoms with Crippen molar-refractivity contribution in [1.29, 1.82) is 0 Å². The number of rotatable bonds is 8. The van der Waals surface area contributed by atoms with E-state index < -0.39 is 0 Å². The number of anilines is 2. The van der Waals surface area contributed by atoms with E-state index in [1.165, 1.54) is 23.1 Å². The molecule has 1 heterocycles. The maximum Gasteiger partial charge on any atom is 0.234 e. The van der Waals surface area contributed by atoms with E-state index in [4.69, 9.17) is 11.2 Å². The molecule has 0 aliphatic rings. The third-order valence-electron chi connectivity index (χ3n) is 2.85. The van der Waals surface area contributed by atoms with Crippen molar-refractivity contribution in [2.75, 3.05) is 18.5 Å². The minimum atomic E-state index is -0.296. The summed E-state index contributed by atoms with van der Waals surface area (Å²) in [6.45, 7) is 4.54. The fourth-order valence-corrected chi connectivity index (χ4v) is 3.69. The quantitative estimate of drug-likeness (QED) is 0.555. The van der Waals surface area contributed by atoms with Crippen LogP contribution in [0.25, 0.3) is 0 Å². The summed E-state index contributed by atoms with van der Waals surface area (Å²) < 4.78 is 6.27. The lowest BCUT2D eigenvalue weighted by Crippen LogP contribution is -2.30. The van der Waals surface area contributed by atoms with Crippen LogP contribution in [0.15, 0.2) is 28.6 Å². The highest BCUT2D eigenvalue weighted by Gasteiger charge is 2.17. The number of carbonyl (C=O) groups is 1. The van der Waals surface area contributed by atoms with Gasteiger partial charge in [-0.25, -0.2) is 0 Å². The first kappa shape index (κ1) is 18.1. The standard InChI is InChI=1S/C16H18N4O2S2/c1-4-10-17-14(21)11(3)23-16-20-19-15(24-16)18-12-8-6-7-9-13(12)22-5-2/h1,6-9,11H,5,10H2,2-3H3,(H,17,21)(H,18,19). The first-order chi connectivity index (χ1) is 11.6. The van der Waals surface area contributed by atoms with E-state index in [1.807, 2.05) is 31.2 Å². The lowest BCUT2D eigenvalue weighted by molar-refractivity contribution is -0.120. The van der Waals surface area contributed by atoms with Crippen molar-refractivity contribution in [3.63, 3.8) is 0 Å². The fraction of sp³-hybridized carbons (Fsp3) is 0.312. The molecule has 24 heavy (non-hydrogen) atoms. The molecule has 1 aromatic heterocycles. The normalized spacial score (nSPS) is 11.4. The van der Waals surface area contributed by atoms with E-state index in [0.717, 1.165) is 11.4 Å². The van der Waals surface area contributed by atoms with Crippen molar-refractivity contribution in [1.82, 2.24) is 15.5 Å². The molecular formula is C16H18N4O2S2. The molecule has 1 amide bonds. The van der Waals surface area contributed by atoms with Crippen LogP contribution >= 0.6 is 23.1 Å². The van der Waals surface area contributed by atoms with Crippen molar-refractivity contribution in [3.8, 4) is 18.1 Å². The van der Waals surface area contributed by atoms with Gasteiger partial charge in [0.05, 0.1) is 24.1 Å². The van der Waals surface area contributed by atoms with Gasteiger partial charge < -0.3 is 15.4 Å². The molecule has 2 aromatic rings. The Morgan fingerprint density at radius 2 is 2.25 bits per heavy atom. The number of nitrogens with zero attached hydrogens (tertiary/aromatic N) is 2. The largest absolute Gasteiger partial charge is 0.492 e. The summed E-state index contributed by atoms with van der Waals surface area (Å²) in [5.74, 6) is 3.01. The number of thioether (sulfide) groups is 1. The molecule has 0 saturated carbocycles. The van der Waals surface area contributed by atoms with Crippen molar-refractivity contribution in [3.05, 3.63) is 24.3 Å². The molecule has 0 saturated heterocycles. The molecule has 1 aromatic carbocycles. The summed E-state index contributed by atoms with van der Waals surface area (Å²) in [6.07, 6.45) is 5.13. The Bertz CT molecular complexity index is 727. The molecule has 126 valence electrons. The lowest BCUT2D eigenvalue weighted by Gasteiger charge is -2.09. The summed E-state index contributed by atoms with van der Waals surface area (Å²) in [5.41, 5.74) is 0.826. The zero-order valence-corrected chi connectivity index (χ0v) is 15.0. The maximum absolute atomic E-state index is 11.8. The molecule has 0 radical (unpaired) electrons. The minimum Gasteiger partial charge on any atom is -0.492 e. The van der Waals surface area contributed by atoms with Crippen LogP contribution in [0.2, 0.25) is 0 Å². The van der Waals surface area contributed by atoms with Crippen LogP contribution in [-0.2, 0) is 4.79 Å². The van der Waals surface area contributed by atoms with Gasteiger partial charge in [0.1, 0.15) is 5.75 Å². The molecule has 2 rings (SSSR count). The number of amides is 1. The van der Waals surface area contributed by atoms with Gasteiger partial charge in [-0.1, -0.05) is 41.2 Å². The number of benzene rings is 1. The maximum atomic E-state index is 11.8. The number of aromatic nitrogens is 2. The van der Waals surface area contributed by atoms with Crippen molar-refractivity contribution in [2.24, 2.45) is 0 Å². The summed E-state index contributed by atoms with van der Waals surface area (Å²) in [5, 5.41) is 14.4. The van der Waals surface area contributed by atoms with Gasteiger partial charge in [-0.2, -0.15) is 0 Å². The Morgan fingerprint density at radius 1 is 1.46 bits per heavy atom. The SMILES string of the molecule is C#CCNC(=O)C(C)Sc1nnc(Nc2ccccc2OCC)s1. The summed E-state index contributed by atoms with van der Waals surface area (Å²) >= 11 is 2.72. The van der Waals surface area contributed by atoms with Crippen LogP contribution in [-0.4, -0.2) is 34.5 Å². The number of para-hydroxylation sites is 2. The number of hydrogen-bond acceptors (Lipinski definition) is 7. The Morgan fingerprint density at radius 3 is 3.00 bits per heavy atom. The van der Waals surface area contributed by atoms with E-state index in [2.05, 4.69) is 26.8 Å². The van der Waals surface area contributed by atoms with Crippen molar-refractivity contribution < 1.29 is 9.53 Å². The van der Waals surface area contributed by atoms with Crippen LogP contribution in [0, 0.1) is 12.3 Å². The summed E-state index contributed by atoms with van der Waals surface area (Å²) in [6, 6.07) is 7.63. The van der Waals surface area contributed by atoms with Gasteiger partial charge in [0.2, 0.25) is 11.0 Å². The average molecular weight is 362 g/mol. The van der Waals surface area contributed by atoms with E-state index >= 15 is 0 Å². The molecule has 2 N–H and O–H groups in total. The number of carbonyl (C=O) groups excluding carboxylic acids is 1. The number of nitrogens with one attached hydrogen (secondary N) is 2. The van der Waals surface area contributed by atoms with Gasteiger partial charge in [0.15, 0.2) is 4.34 Å². The van der Waals surface area contributed by atoms with Crippen LogP contribution in [0.3, 0.4) is 0 Å². The predicted octanol–water partition coefficient (Wildman–Crippen LogP) is 2.91. The average Bonchev–Trinajstić information content (AvgIpc) is 3.01. The molecule has 8 heteroatoms. The fourth-order valence-electron chi connectivity index (χ4n) is 1.76. The van der Waals surface area contributed by atoms with Gasteiger partial charge >= 0.3 is 0 Å². The molecule has 0 aliphatic heterocycles. The van der Waals surface area contributed by atoms with Gasteiger partial charge in [-0.05, 0) is 26.0 Å². The minimum absolute atomic E-state index is 0.121. The second-order valence-corrected chi connectivity index (χ2v) is 7.17. The van der Waals surface area contributed by atoms with Crippen molar-refractivity contribution >= 4 is 39.8 Å². The molecule has 6 nitrogen and oxygen atoms in total. The molecule has 0 bridgehead atoms. The lowest BCUT2D eigenvalue weighted by atomic mass is 10.3. The van der Waals surface area contributed by atoms with Gasteiger partial charge in [0, 0.05) is 0 Å². The van der Waals surface area contributed by atoms with Crippen LogP contribution in [0.4, 0.5) is 10.8 Å². The van der Waals surface area contributed by atoms with Gasteiger partial charge in [-0.15, -0.1) is 16.6 Å². The second-order valence-electron chi connectivity index (χ2n) is 4.61. The predicted molar refractivity (Wildman–Crippen MR) is 98.0 cm³/mol. The monoisotopic (exact) mass is 362 g/mol. The van der Waals surface area contributed by atoms with E-state index in [1.54, 1.807) is 6.92 Å². The molecule has 0 fully saturated rings. The van der Waals surface area contributed by atoms with E-state index in [0.29, 0.717) is 16.1 Å². The summed E-state index contributed by atoms with van der Waals surface area (Å²) in [4.78, 5) is 11.8. The summed E-state index contributed by atoms with van der Waals surface area (Å²) in [7, 11) is 0. The Kier molecular flexibility index (Phi) is 6.90. The Balaban J connectivity index is 1.99. The van der Waals surface area contributed by atoms with Gasteiger partial charge in [0.25, 0.3) is 0 Å².